The van der Waals surface area contributed by atoms with Crippen molar-refractivity contribution >= 4 is 28.7 Å². The Bertz CT molecular complexity index is 1410. The topological polar surface area (TPSA) is 63.9 Å². The Hall–Kier alpha value is -4.96. The van der Waals surface area contributed by atoms with Crippen LogP contribution in [0.25, 0.3) is 11.6 Å². The predicted molar refractivity (Wildman–Crippen MR) is 151 cm³/mol. The van der Waals surface area contributed by atoms with Crippen molar-refractivity contribution in [1.82, 2.24) is 0 Å². The van der Waals surface area contributed by atoms with Crippen LogP contribution >= 0.6 is 0 Å². The van der Waals surface area contributed by atoms with E-state index in [1.165, 1.54) is 5.56 Å². The van der Waals surface area contributed by atoms with Crippen LogP contribution in [0.4, 0.5) is 17.1 Å². The van der Waals surface area contributed by atoms with Crippen LogP contribution < -0.4 is 4.90 Å². The summed E-state index contributed by atoms with van der Waals surface area (Å²) in [7, 11) is 0. The Labute approximate surface area is 216 Å². The SMILES string of the molecule is Cc1ccc(N(c2ccc(O)cc2)c2ccc(C=C(c3ccc(O)cc3)c3ccc(O)cc3)cc2)cc1. The van der Waals surface area contributed by atoms with Gasteiger partial charge in [0.05, 0.1) is 0 Å². The minimum atomic E-state index is 0.212. The quantitative estimate of drug-likeness (QED) is 0.212. The number of hydrogen-bond donors (Lipinski definition) is 3. The van der Waals surface area contributed by atoms with Crippen LogP contribution in [-0.4, -0.2) is 15.3 Å². The highest BCUT2D eigenvalue weighted by Crippen LogP contribution is 2.36. The van der Waals surface area contributed by atoms with Crippen LogP contribution in [0.5, 0.6) is 17.2 Å². The van der Waals surface area contributed by atoms with E-state index in [1.807, 2.05) is 36.4 Å². The number of phenolic OH excluding ortho intramolecular Hbond substituents is 3. The number of aromatic hydroxyl groups is 3. The van der Waals surface area contributed by atoms with Gasteiger partial charge in [0.25, 0.3) is 0 Å². The molecular formula is C33H27NO3. The molecular weight excluding hydrogens is 458 g/mol. The van der Waals surface area contributed by atoms with E-state index in [9.17, 15) is 15.3 Å². The Morgan fingerprint density at radius 3 is 1.27 bits per heavy atom. The van der Waals surface area contributed by atoms with Crippen molar-refractivity contribution in [2.75, 3.05) is 4.90 Å². The number of phenols is 3. The molecule has 182 valence electrons. The van der Waals surface area contributed by atoms with E-state index >= 15 is 0 Å². The number of aryl methyl sites for hydroxylation is 1. The Kier molecular flexibility index (Phi) is 6.64. The molecule has 0 saturated heterocycles. The highest BCUT2D eigenvalue weighted by Gasteiger charge is 2.13. The third-order valence-corrected chi connectivity index (χ3v) is 6.22. The molecule has 5 aromatic carbocycles. The maximum Gasteiger partial charge on any atom is 0.115 e. The molecule has 0 aliphatic rings. The third-order valence-electron chi connectivity index (χ3n) is 6.22. The Balaban J connectivity index is 1.55. The van der Waals surface area contributed by atoms with Gasteiger partial charge in [-0.2, -0.15) is 0 Å². The first kappa shape index (κ1) is 23.8. The maximum absolute atomic E-state index is 9.80. The molecule has 0 radical (unpaired) electrons. The largest absolute Gasteiger partial charge is 0.508 e. The molecule has 0 aliphatic carbocycles. The Morgan fingerprint density at radius 1 is 0.486 bits per heavy atom. The van der Waals surface area contributed by atoms with Crippen LogP contribution in [0, 0.1) is 6.92 Å². The van der Waals surface area contributed by atoms with Crippen molar-refractivity contribution in [2.24, 2.45) is 0 Å². The molecule has 5 aromatic rings. The molecule has 4 heteroatoms. The second kappa shape index (κ2) is 10.3. The second-order valence-electron chi connectivity index (χ2n) is 8.93. The van der Waals surface area contributed by atoms with Gasteiger partial charge in [-0.05, 0) is 108 Å². The first-order chi connectivity index (χ1) is 18.0. The molecule has 0 aliphatic heterocycles. The van der Waals surface area contributed by atoms with Crippen molar-refractivity contribution in [2.45, 2.75) is 6.92 Å². The molecule has 5 rings (SSSR count). The average Bonchev–Trinajstić information content (AvgIpc) is 2.92. The highest BCUT2D eigenvalue weighted by atomic mass is 16.3. The van der Waals surface area contributed by atoms with Gasteiger partial charge in [-0.1, -0.05) is 54.1 Å². The first-order valence-electron chi connectivity index (χ1n) is 12.0. The second-order valence-corrected chi connectivity index (χ2v) is 8.93. The molecule has 3 N–H and O–H groups in total. The Morgan fingerprint density at radius 2 is 0.838 bits per heavy atom. The van der Waals surface area contributed by atoms with E-state index < -0.39 is 0 Å². The summed E-state index contributed by atoms with van der Waals surface area (Å²) in [6.45, 7) is 2.07. The van der Waals surface area contributed by atoms with Crippen molar-refractivity contribution in [3.63, 3.8) is 0 Å². The van der Waals surface area contributed by atoms with E-state index in [4.69, 9.17) is 0 Å². The molecule has 0 heterocycles. The predicted octanol–water partition coefficient (Wildman–Crippen LogP) is 8.17. The monoisotopic (exact) mass is 485 g/mol. The molecule has 0 spiro atoms. The minimum absolute atomic E-state index is 0.212. The zero-order valence-corrected chi connectivity index (χ0v) is 20.4. The zero-order chi connectivity index (χ0) is 25.8. The van der Waals surface area contributed by atoms with Crippen molar-refractivity contribution in [1.29, 1.82) is 0 Å². The smallest absolute Gasteiger partial charge is 0.115 e. The van der Waals surface area contributed by atoms with Gasteiger partial charge in [-0.25, -0.2) is 0 Å². The lowest BCUT2D eigenvalue weighted by atomic mass is 9.95. The average molecular weight is 486 g/mol. The van der Waals surface area contributed by atoms with Crippen molar-refractivity contribution < 1.29 is 15.3 Å². The standard InChI is InChI=1S/C33H27NO3/c1-23-2-10-27(11-3-23)34(29-14-20-32(37)21-15-29)28-12-4-24(5-13-28)22-33(25-6-16-30(35)17-7-25)26-8-18-31(36)19-9-26/h2-22,35-37H,1H3. The van der Waals surface area contributed by atoms with Gasteiger partial charge in [0.2, 0.25) is 0 Å². The number of rotatable bonds is 6. The lowest BCUT2D eigenvalue weighted by molar-refractivity contribution is 0.475. The van der Waals surface area contributed by atoms with Crippen LogP contribution in [0.1, 0.15) is 22.3 Å². The highest BCUT2D eigenvalue weighted by molar-refractivity contribution is 5.92. The summed E-state index contributed by atoms with van der Waals surface area (Å²) in [6, 6.07) is 38.0. The van der Waals surface area contributed by atoms with Crippen LogP contribution in [0.3, 0.4) is 0 Å². The number of hydrogen-bond acceptors (Lipinski definition) is 4. The first-order valence-corrected chi connectivity index (χ1v) is 12.0. The van der Waals surface area contributed by atoms with Crippen LogP contribution in [0.15, 0.2) is 121 Å². The molecule has 0 amide bonds. The van der Waals surface area contributed by atoms with E-state index in [0.717, 1.165) is 39.3 Å². The fourth-order valence-electron chi connectivity index (χ4n) is 4.24. The lowest BCUT2D eigenvalue weighted by Gasteiger charge is -2.25. The van der Waals surface area contributed by atoms with E-state index in [0.29, 0.717) is 0 Å². The van der Waals surface area contributed by atoms with Gasteiger partial charge in [-0.3, -0.25) is 0 Å². The third kappa shape index (κ3) is 5.49. The van der Waals surface area contributed by atoms with Gasteiger partial charge >= 0.3 is 0 Å². The zero-order valence-electron chi connectivity index (χ0n) is 20.4. The summed E-state index contributed by atoms with van der Waals surface area (Å²) in [5.41, 5.74) is 8.03. The summed E-state index contributed by atoms with van der Waals surface area (Å²) in [4.78, 5) is 2.15. The van der Waals surface area contributed by atoms with Crippen LogP contribution in [0.2, 0.25) is 0 Å². The fourth-order valence-corrected chi connectivity index (χ4v) is 4.24. The van der Waals surface area contributed by atoms with Crippen molar-refractivity contribution in [3.05, 3.63) is 144 Å². The molecule has 0 aromatic heterocycles. The minimum Gasteiger partial charge on any atom is -0.508 e. The number of anilines is 3. The van der Waals surface area contributed by atoms with Gasteiger partial charge in [0.15, 0.2) is 0 Å². The molecule has 0 bridgehead atoms. The molecule has 0 saturated carbocycles. The number of nitrogens with zero attached hydrogens (tertiary/aromatic N) is 1. The van der Waals surface area contributed by atoms with E-state index in [1.54, 1.807) is 36.4 Å². The van der Waals surface area contributed by atoms with E-state index in [-0.39, 0.29) is 17.2 Å². The van der Waals surface area contributed by atoms with E-state index in [2.05, 4.69) is 66.4 Å². The normalized spacial score (nSPS) is 10.6. The molecule has 4 nitrogen and oxygen atoms in total. The molecule has 0 fully saturated rings. The summed E-state index contributed by atoms with van der Waals surface area (Å²) in [5, 5.41) is 29.3. The van der Waals surface area contributed by atoms with Gasteiger partial charge < -0.3 is 20.2 Å². The fraction of sp³-hybridized carbons (Fsp3) is 0.0303. The van der Waals surface area contributed by atoms with Gasteiger partial charge in [-0.15, -0.1) is 0 Å². The van der Waals surface area contributed by atoms with Crippen molar-refractivity contribution in [3.8, 4) is 17.2 Å². The summed E-state index contributed by atoms with van der Waals surface area (Å²) in [5.74, 6) is 0.649. The molecule has 37 heavy (non-hydrogen) atoms. The number of benzene rings is 5. The maximum atomic E-state index is 9.80. The lowest BCUT2D eigenvalue weighted by Crippen LogP contribution is -2.09. The summed E-state index contributed by atoms with van der Waals surface area (Å²) < 4.78 is 0. The summed E-state index contributed by atoms with van der Waals surface area (Å²) >= 11 is 0. The van der Waals surface area contributed by atoms with Gasteiger partial charge in [0.1, 0.15) is 17.2 Å². The van der Waals surface area contributed by atoms with Crippen LogP contribution in [-0.2, 0) is 0 Å². The van der Waals surface area contributed by atoms with Gasteiger partial charge in [0, 0.05) is 17.1 Å². The molecule has 0 atom stereocenters. The summed E-state index contributed by atoms with van der Waals surface area (Å²) in [6.07, 6.45) is 2.10. The molecule has 0 unspecified atom stereocenters.